The van der Waals surface area contributed by atoms with E-state index in [2.05, 4.69) is 0 Å². The molecule has 5 heteroatoms. The molecule has 0 spiro atoms. The Morgan fingerprint density at radius 2 is 1.69 bits per heavy atom. The van der Waals surface area contributed by atoms with Crippen molar-refractivity contribution in [1.29, 1.82) is 0 Å². The molecule has 1 amide bonds. The number of nitrogens with two attached hydrogens (primary N) is 2. The van der Waals surface area contributed by atoms with Crippen molar-refractivity contribution in [3.63, 3.8) is 0 Å². The number of carboxylic acids is 1. The number of carbonyl (C=O) groups excluding carboxylic acids is 1. The normalized spacial score (nSPS) is 8.46. The standard InChI is InChI=1S/C6H14N2O.C2H4O2/c7-5-3-1-2-4-6(8)9;1-2(3)4/h1-5,7H2,(H2,8,9);1H3,(H,3,4). The summed E-state index contributed by atoms with van der Waals surface area (Å²) in [4.78, 5) is 19.2. The van der Waals surface area contributed by atoms with Crippen LogP contribution in [0.15, 0.2) is 0 Å². The fraction of sp³-hybridized carbons (Fsp3) is 0.750. The minimum absolute atomic E-state index is 0.216. The number of hydrogen-bond donors (Lipinski definition) is 3. The van der Waals surface area contributed by atoms with Crippen LogP contribution in [0.4, 0.5) is 0 Å². The van der Waals surface area contributed by atoms with E-state index in [-0.39, 0.29) is 5.91 Å². The summed E-state index contributed by atoms with van der Waals surface area (Å²) in [5.41, 5.74) is 10.1. The molecule has 0 aromatic carbocycles. The summed E-state index contributed by atoms with van der Waals surface area (Å²) in [7, 11) is 0. The molecule has 0 heterocycles. The lowest BCUT2D eigenvalue weighted by atomic mass is 10.2. The highest BCUT2D eigenvalue weighted by atomic mass is 16.4. The van der Waals surface area contributed by atoms with Crippen LogP contribution in [-0.4, -0.2) is 23.5 Å². The van der Waals surface area contributed by atoms with Crippen LogP contribution in [0.2, 0.25) is 0 Å². The van der Waals surface area contributed by atoms with Gasteiger partial charge >= 0.3 is 0 Å². The van der Waals surface area contributed by atoms with E-state index < -0.39 is 5.97 Å². The van der Waals surface area contributed by atoms with Crippen molar-refractivity contribution >= 4 is 11.9 Å². The molecule has 0 aromatic rings. The summed E-state index contributed by atoms with van der Waals surface area (Å²) in [6, 6.07) is 0. The molecule has 0 aromatic heterocycles. The second kappa shape index (κ2) is 10.9. The molecular formula is C8H18N2O3. The van der Waals surface area contributed by atoms with Gasteiger partial charge < -0.3 is 16.6 Å². The van der Waals surface area contributed by atoms with Gasteiger partial charge in [-0.25, -0.2) is 0 Å². The zero-order chi connectivity index (χ0) is 10.7. The first kappa shape index (κ1) is 14.4. The van der Waals surface area contributed by atoms with Gasteiger partial charge in [0.15, 0.2) is 0 Å². The summed E-state index contributed by atoms with van der Waals surface area (Å²) >= 11 is 0. The van der Waals surface area contributed by atoms with Crippen molar-refractivity contribution in [2.24, 2.45) is 11.5 Å². The van der Waals surface area contributed by atoms with Crippen molar-refractivity contribution < 1.29 is 14.7 Å². The maximum absolute atomic E-state index is 10.2. The average Bonchev–Trinajstić information content (AvgIpc) is 1.97. The molecule has 5 N–H and O–H groups in total. The summed E-state index contributed by atoms with van der Waals surface area (Å²) in [5.74, 6) is -1.05. The lowest BCUT2D eigenvalue weighted by Gasteiger charge is -1.93. The predicted octanol–water partition coefficient (Wildman–Crippen LogP) is 0.0817. The van der Waals surface area contributed by atoms with E-state index in [9.17, 15) is 4.79 Å². The van der Waals surface area contributed by atoms with Gasteiger partial charge in [-0.05, 0) is 19.4 Å². The van der Waals surface area contributed by atoms with Gasteiger partial charge in [-0.1, -0.05) is 6.42 Å². The van der Waals surface area contributed by atoms with Gasteiger partial charge in [0.25, 0.3) is 5.97 Å². The lowest BCUT2D eigenvalue weighted by Crippen LogP contribution is -2.09. The van der Waals surface area contributed by atoms with Crippen LogP contribution in [-0.2, 0) is 9.59 Å². The first-order valence-corrected chi connectivity index (χ1v) is 4.18. The molecule has 0 unspecified atom stereocenters. The maximum atomic E-state index is 10.2. The fourth-order valence-corrected chi connectivity index (χ4v) is 0.620. The quantitative estimate of drug-likeness (QED) is 0.534. The number of carboxylic acid groups (broad SMARTS) is 1. The minimum Gasteiger partial charge on any atom is -0.481 e. The van der Waals surface area contributed by atoms with Gasteiger partial charge in [-0.2, -0.15) is 0 Å². The number of hydrogen-bond acceptors (Lipinski definition) is 3. The summed E-state index contributed by atoms with van der Waals surface area (Å²) in [5, 5.41) is 7.42. The highest BCUT2D eigenvalue weighted by Gasteiger charge is 1.91. The third-order valence-electron chi connectivity index (χ3n) is 1.13. The molecule has 0 fully saturated rings. The van der Waals surface area contributed by atoms with Crippen LogP contribution >= 0.6 is 0 Å². The Balaban J connectivity index is 0. The molecule has 0 bridgehead atoms. The second-order valence-corrected chi connectivity index (χ2v) is 2.58. The first-order chi connectivity index (χ1) is 6.00. The molecule has 5 nitrogen and oxygen atoms in total. The van der Waals surface area contributed by atoms with E-state index in [1.807, 2.05) is 0 Å². The smallest absolute Gasteiger partial charge is 0.300 e. The van der Waals surface area contributed by atoms with Crippen LogP contribution < -0.4 is 11.5 Å². The summed E-state index contributed by atoms with van der Waals surface area (Å²) < 4.78 is 0. The van der Waals surface area contributed by atoms with Crippen LogP contribution in [0, 0.1) is 0 Å². The Kier molecular flexibility index (Phi) is 12.1. The van der Waals surface area contributed by atoms with E-state index in [1.165, 1.54) is 0 Å². The molecule has 0 radical (unpaired) electrons. The predicted molar refractivity (Wildman–Crippen MR) is 50.0 cm³/mol. The van der Waals surface area contributed by atoms with Gasteiger partial charge in [0.1, 0.15) is 0 Å². The molecule has 78 valence electrons. The number of rotatable bonds is 5. The number of amides is 1. The van der Waals surface area contributed by atoms with Crippen molar-refractivity contribution in [2.45, 2.75) is 32.6 Å². The van der Waals surface area contributed by atoms with Gasteiger partial charge in [0.05, 0.1) is 0 Å². The van der Waals surface area contributed by atoms with Crippen LogP contribution in [0.1, 0.15) is 32.6 Å². The maximum Gasteiger partial charge on any atom is 0.300 e. The molecule has 0 aliphatic heterocycles. The molecule has 13 heavy (non-hydrogen) atoms. The Morgan fingerprint density at radius 1 is 1.23 bits per heavy atom. The van der Waals surface area contributed by atoms with Gasteiger partial charge in [0, 0.05) is 13.3 Å². The van der Waals surface area contributed by atoms with E-state index in [0.717, 1.165) is 26.2 Å². The number of unbranched alkanes of at least 4 members (excludes halogenated alkanes) is 2. The van der Waals surface area contributed by atoms with Gasteiger partial charge in [-0.3, -0.25) is 9.59 Å². The average molecular weight is 190 g/mol. The van der Waals surface area contributed by atoms with E-state index in [4.69, 9.17) is 21.4 Å². The Hall–Kier alpha value is -1.10. The second-order valence-electron chi connectivity index (χ2n) is 2.58. The van der Waals surface area contributed by atoms with Gasteiger partial charge in [-0.15, -0.1) is 0 Å². The van der Waals surface area contributed by atoms with Crippen LogP contribution in [0.25, 0.3) is 0 Å². The Bertz CT molecular complexity index is 144. The minimum atomic E-state index is -0.833. The van der Waals surface area contributed by atoms with Crippen molar-refractivity contribution in [1.82, 2.24) is 0 Å². The largest absolute Gasteiger partial charge is 0.481 e. The Labute approximate surface area is 78.1 Å². The molecule has 0 aliphatic carbocycles. The van der Waals surface area contributed by atoms with E-state index in [1.54, 1.807) is 0 Å². The topological polar surface area (TPSA) is 106 Å². The molecule has 0 rings (SSSR count). The zero-order valence-electron chi connectivity index (χ0n) is 7.95. The fourth-order valence-electron chi connectivity index (χ4n) is 0.620. The monoisotopic (exact) mass is 190 g/mol. The highest BCUT2D eigenvalue weighted by Crippen LogP contribution is 1.96. The lowest BCUT2D eigenvalue weighted by molar-refractivity contribution is -0.134. The number of aliphatic carboxylic acids is 1. The molecule has 0 atom stereocenters. The highest BCUT2D eigenvalue weighted by molar-refractivity contribution is 5.73. The number of carbonyl (C=O) groups is 2. The van der Waals surface area contributed by atoms with Crippen molar-refractivity contribution in [3.05, 3.63) is 0 Å². The first-order valence-electron chi connectivity index (χ1n) is 4.18. The number of primary amides is 1. The van der Waals surface area contributed by atoms with E-state index in [0.29, 0.717) is 13.0 Å². The van der Waals surface area contributed by atoms with Crippen molar-refractivity contribution in [3.8, 4) is 0 Å². The Morgan fingerprint density at radius 3 is 2.00 bits per heavy atom. The molecule has 0 saturated carbocycles. The third kappa shape index (κ3) is 36.0. The molecule has 0 saturated heterocycles. The SMILES string of the molecule is CC(=O)O.NCCCCCC(N)=O. The molecular weight excluding hydrogens is 172 g/mol. The third-order valence-corrected chi connectivity index (χ3v) is 1.13. The van der Waals surface area contributed by atoms with Crippen molar-refractivity contribution in [2.75, 3.05) is 6.54 Å². The van der Waals surface area contributed by atoms with Crippen LogP contribution in [0.5, 0.6) is 0 Å². The van der Waals surface area contributed by atoms with Gasteiger partial charge in [0.2, 0.25) is 5.91 Å². The summed E-state index contributed by atoms with van der Waals surface area (Å²) in [6.07, 6.45) is 3.39. The van der Waals surface area contributed by atoms with Crippen LogP contribution in [0.3, 0.4) is 0 Å². The van der Waals surface area contributed by atoms with E-state index >= 15 is 0 Å². The zero-order valence-corrected chi connectivity index (χ0v) is 7.95. The molecule has 0 aliphatic rings. The summed E-state index contributed by atoms with van der Waals surface area (Å²) in [6.45, 7) is 1.79.